The molecule has 0 saturated heterocycles. The molecule has 180 valence electrons. The highest BCUT2D eigenvalue weighted by molar-refractivity contribution is 6.32. The Balaban J connectivity index is 1.63. The van der Waals surface area contributed by atoms with Gasteiger partial charge in [0, 0.05) is 31.0 Å². The SMILES string of the molecule is CCCCc1cn(-c2c(Cl)cnn2C)c(=O)n1CC1(c2cccc(-c3nn[nH]n3)c2)C=CNC=C1. The van der Waals surface area contributed by atoms with E-state index < -0.39 is 5.41 Å². The molecule has 5 rings (SSSR count). The van der Waals surface area contributed by atoms with Crippen LogP contribution in [0.2, 0.25) is 5.02 Å². The summed E-state index contributed by atoms with van der Waals surface area (Å²) >= 11 is 6.40. The molecule has 0 saturated carbocycles. The number of dihydropyridines is 1. The molecule has 4 heterocycles. The minimum atomic E-state index is -0.571. The lowest BCUT2D eigenvalue weighted by atomic mass is 9.78. The van der Waals surface area contributed by atoms with Crippen molar-refractivity contribution >= 4 is 11.6 Å². The fourth-order valence-electron chi connectivity index (χ4n) is 4.47. The lowest BCUT2D eigenvalue weighted by Crippen LogP contribution is -2.36. The summed E-state index contributed by atoms with van der Waals surface area (Å²) in [5.41, 5.74) is 2.07. The van der Waals surface area contributed by atoms with Crippen LogP contribution < -0.4 is 11.0 Å². The molecule has 0 amide bonds. The van der Waals surface area contributed by atoms with Crippen molar-refractivity contribution in [2.24, 2.45) is 7.05 Å². The van der Waals surface area contributed by atoms with Crippen molar-refractivity contribution in [3.63, 3.8) is 0 Å². The van der Waals surface area contributed by atoms with Crippen LogP contribution in [0.25, 0.3) is 17.2 Å². The topological polar surface area (TPSA) is 111 Å². The van der Waals surface area contributed by atoms with Gasteiger partial charge in [-0.15, -0.1) is 10.2 Å². The number of nitrogens with one attached hydrogen (secondary N) is 2. The van der Waals surface area contributed by atoms with Crippen LogP contribution >= 0.6 is 11.6 Å². The Morgan fingerprint density at radius 1 is 1.20 bits per heavy atom. The predicted octanol–water partition coefficient (Wildman–Crippen LogP) is 3.12. The number of aromatic nitrogens is 8. The van der Waals surface area contributed by atoms with Gasteiger partial charge in [0.05, 0.1) is 11.6 Å². The second-order valence-electron chi connectivity index (χ2n) is 8.59. The number of aryl methyl sites for hydroxylation is 2. The third kappa shape index (κ3) is 4.21. The van der Waals surface area contributed by atoms with Gasteiger partial charge in [0.25, 0.3) is 0 Å². The van der Waals surface area contributed by atoms with Gasteiger partial charge in [-0.1, -0.05) is 55.3 Å². The third-order valence-corrected chi connectivity index (χ3v) is 6.58. The van der Waals surface area contributed by atoms with Crippen LogP contribution in [0.3, 0.4) is 0 Å². The zero-order valence-corrected chi connectivity index (χ0v) is 20.3. The van der Waals surface area contributed by atoms with E-state index in [-0.39, 0.29) is 5.69 Å². The number of aromatic amines is 1. The molecule has 1 aliphatic heterocycles. The summed E-state index contributed by atoms with van der Waals surface area (Å²) in [4.78, 5) is 13.8. The van der Waals surface area contributed by atoms with E-state index in [4.69, 9.17) is 11.6 Å². The van der Waals surface area contributed by atoms with Gasteiger partial charge in [-0.25, -0.2) is 4.79 Å². The molecule has 10 nitrogen and oxygen atoms in total. The van der Waals surface area contributed by atoms with Crippen molar-refractivity contribution in [1.29, 1.82) is 0 Å². The first kappa shape index (κ1) is 22.9. The van der Waals surface area contributed by atoms with Crippen molar-refractivity contribution in [3.05, 3.63) is 88.0 Å². The molecule has 0 spiro atoms. The first-order chi connectivity index (χ1) is 17.0. The van der Waals surface area contributed by atoms with Gasteiger partial charge >= 0.3 is 5.69 Å². The monoisotopic (exact) mass is 491 g/mol. The lowest BCUT2D eigenvalue weighted by molar-refractivity contribution is 0.495. The maximum absolute atomic E-state index is 13.8. The average Bonchev–Trinajstić information content (AvgIpc) is 3.60. The fourth-order valence-corrected chi connectivity index (χ4v) is 4.72. The molecule has 0 fully saturated rings. The normalized spacial score (nSPS) is 14.4. The van der Waals surface area contributed by atoms with Gasteiger partial charge in [-0.3, -0.25) is 13.8 Å². The highest BCUT2D eigenvalue weighted by atomic mass is 35.5. The predicted molar refractivity (Wildman–Crippen MR) is 133 cm³/mol. The summed E-state index contributed by atoms with van der Waals surface area (Å²) in [6, 6.07) is 8.00. The number of unbranched alkanes of at least 4 members (excludes halogenated alkanes) is 1. The van der Waals surface area contributed by atoms with Crippen LogP contribution in [-0.2, 0) is 25.4 Å². The number of tetrazole rings is 1. The van der Waals surface area contributed by atoms with E-state index in [1.54, 1.807) is 22.5 Å². The Morgan fingerprint density at radius 3 is 2.71 bits per heavy atom. The zero-order chi connectivity index (χ0) is 24.4. The molecule has 3 aromatic heterocycles. The van der Waals surface area contributed by atoms with E-state index in [1.807, 2.05) is 41.4 Å². The van der Waals surface area contributed by atoms with Crippen LogP contribution in [0.4, 0.5) is 0 Å². The summed E-state index contributed by atoms with van der Waals surface area (Å²) in [6.45, 7) is 2.55. The van der Waals surface area contributed by atoms with Gasteiger partial charge in [0.1, 0.15) is 5.02 Å². The Kier molecular flexibility index (Phi) is 6.12. The van der Waals surface area contributed by atoms with Gasteiger partial charge < -0.3 is 5.32 Å². The van der Waals surface area contributed by atoms with E-state index in [9.17, 15) is 4.79 Å². The van der Waals surface area contributed by atoms with E-state index >= 15 is 0 Å². The quantitative estimate of drug-likeness (QED) is 0.392. The molecule has 0 unspecified atom stereocenters. The number of benzene rings is 1. The minimum Gasteiger partial charge on any atom is -0.368 e. The van der Waals surface area contributed by atoms with Crippen LogP contribution in [-0.4, -0.2) is 39.5 Å². The second kappa shape index (κ2) is 9.38. The molecular weight excluding hydrogens is 466 g/mol. The lowest BCUT2D eigenvalue weighted by Gasteiger charge is -2.31. The Labute approximate surface area is 206 Å². The van der Waals surface area contributed by atoms with Crippen LogP contribution in [0.5, 0.6) is 0 Å². The highest BCUT2D eigenvalue weighted by Gasteiger charge is 2.32. The summed E-state index contributed by atoms with van der Waals surface area (Å²) < 4.78 is 5.06. The van der Waals surface area contributed by atoms with Crippen molar-refractivity contribution in [2.75, 3.05) is 0 Å². The highest BCUT2D eigenvalue weighted by Crippen LogP contribution is 2.33. The molecule has 0 radical (unpaired) electrons. The molecule has 4 aromatic rings. The molecule has 1 aliphatic rings. The maximum Gasteiger partial charge on any atom is 0.334 e. The zero-order valence-electron chi connectivity index (χ0n) is 19.5. The van der Waals surface area contributed by atoms with Crippen molar-refractivity contribution < 1.29 is 0 Å². The molecule has 0 atom stereocenters. The fraction of sp³-hybridized carbons (Fsp3) is 0.292. The van der Waals surface area contributed by atoms with E-state index in [1.165, 1.54) is 0 Å². The second-order valence-corrected chi connectivity index (χ2v) is 9.00. The molecular formula is C24H26ClN9O. The van der Waals surface area contributed by atoms with Crippen LogP contribution in [0.1, 0.15) is 31.0 Å². The average molecular weight is 492 g/mol. The van der Waals surface area contributed by atoms with Gasteiger partial charge in [0.2, 0.25) is 5.82 Å². The number of imidazole rings is 1. The Morgan fingerprint density at radius 2 is 2.03 bits per heavy atom. The van der Waals surface area contributed by atoms with Gasteiger partial charge in [0.15, 0.2) is 5.82 Å². The number of hydrogen-bond acceptors (Lipinski definition) is 6. The standard InChI is InChI=1S/C24H26ClN9O/c1-3-4-8-19-15-33(22-20(25)14-27-32(22)2)23(35)34(19)16-24(9-11-26-12-10-24)18-7-5-6-17(13-18)21-28-30-31-29-21/h5-7,9-15,26H,3-4,8,16H2,1-2H3,(H,28,29,30,31). The van der Waals surface area contributed by atoms with Crippen molar-refractivity contribution in [2.45, 2.75) is 38.1 Å². The van der Waals surface area contributed by atoms with Crippen LogP contribution in [0.15, 0.2) is 66.0 Å². The Hall–Kier alpha value is -3.92. The molecule has 0 aliphatic carbocycles. The van der Waals surface area contributed by atoms with E-state index in [2.05, 4.69) is 56.2 Å². The minimum absolute atomic E-state index is 0.157. The number of nitrogens with zero attached hydrogens (tertiary/aromatic N) is 7. The van der Waals surface area contributed by atoms with Crippen molar-refractivity contribution in [3.8, 4) is 17.2 Å². The van der Waals surface area contributed by atoms with E-state index in [0.29, 0.717) is 23.2 Å². The van der Waals surface area contributed by atoms with Crippen molar-refractivity contribution in [1.82, 2.24) is 44.9 Å². The summed E-state index contributed by atoms with van der Waals surface area (Å²) in [5.74, 6) is 1.07. The number of hydrogen-bond donors (Lipinski definition) is 2. The largest absolute Gasteiger partial charge is 0.368 e. The number of halogens is 1. The maximum atomic E-state index is 13.8. The third-order valence-electron chi connectivity index (χ3n) is 6.32. The molecule has 11 heteroatoms. The number of rotatable bonds is 8. The smallest absolute Gasteiger partial charge is 0.334 e. The Bertz CT molecular complexity index is 1410. The summed E-state index contributed by atoms with van der Waals surface area (Å²) in [6.07, 6.45) is 14.1. The number of H-pyrrole nitrogens is 1. The van der Waals surface area contributed by atoms with Gasteiger partial charge in [-0.2, -0.15) is 10.3 Å². The summed E-state index contributed by atoms with van der Waals surface area (Å²) in [7, 11) is 1.78. The van der Waals surface area contributed by atoms with E-state index in [0.717, 1.165) is 36.1 Å². The first-order valence-electron chi connectivity index (χ1n) is 11.5. The summed E-state index contributed by atoms with van der Waals surface area (Å²) in [5, 5.41) is 22.2. The molecule has 0 bridgehead atoms. The first-order valence-corrected chi connectivity index (χ1v) is 11.8. The molecule has 1 aromatic carbocycles. The number of allylic oxidation sites excluding steroid dienone is 2. The molecule has 2 N–H and O–H groups in total. The van der Waals surface area contributed by atoms with Gasteiger partial charge in [-0.05, 0) is 42.1 Å². The van der Waals surface area contributed by atoms with Crippen LogP contribution in [0, 0.1) is 0 Å². The molecule has 35 heavy (non-hydrogen) atoms.